The molecule has 1 amide bonds. The van der Waals surface area contributed by atoms with E-state index in [0.29, 0.717) is 44.0 Å². The lowest BCUT2D eigenvalue weighted by molar-refractivity contribution is 0.0730. The highest BCUT2D eigenvalue weighted by atomic mass is 32.2. The maximum atomic E-state index is 13.3. The van der Waals surface area contributed by atoms with Gasteiger partial charge in [0.15, 0.2) is 0 Å². The molecule has 2 fully saturated rings. The van der Waals surface area contributed by atoms with Crippen molar-refractivity contribution >= 4 is 15.9 Å². The Morgan fingerprint density at radius 1 is 1.13 bits per heavy atom. The number of hydrogen-bond acceptors (Lipinski definition) is 4. The first-order valence-corrected chi connectivity index (χ1v) is 12.0. The molecule has 0 bridgehead atoms. The van der Waals surface area contributed by atoms with E-state index in [2.05, 4.69) is 5.32 Å². The van der Waals surface area contributed by atoms with Crippen LogP contribution < -0.4 is 5.32 Å². The van der Waals surface area contributed by atoms with E-state index in [1.54, 1.807) is 31.2 Å². The number of amides is 1. The van der Waals surface area contributed by atoms with Crippen LogP contribution in [-0.2, 0) is 20.2 Å². The molecular formula is C23H27FN2O4S. The fraction of sp³-hybridized carbons (Fsp3) is 0.435. The van der Waals surface area contributed by atoms with Crippen molar-refractivity contribution in [2.45, 2.75) is 36.5 Å². The summed E-state index contributed by atoms with van der Waals surface area (Å²) in [6.45, 7) is 3.49. The summed E-state index contributed by atoms with van der Waals surface area (Å²) in [5.41, 5.74) is 1.73. The Bertz CT molecular complexity index is 1060. The maximum Gasteiger partial charge on any atom is 0.251 e. The molecule has 0 aromatic heterocycles. The SMILES string of the molecule is Cc1ccc(C(=O)NCC2(c3ccc(F)cc3)CCC2)cc1S(=O)(=O)N1CCOCC1. The van der Waals surface area contributed by atoms with Gasteiger partial charge in [0, 0.05) is 30.6 Å². The number of carbonyl (C=O) groups excluding carboxylic acids is 1. The van der Waals surface area contributed by atoms with Crippen LogP contribution in [0.15, 0.2) is 47.4 Å². The van der Waals surface area contributed by atoms with E-state index in [0.717, 1.165) is 24.8 Å². The zero-order valence-corrected chi connectivity index (χ0v) is 18.4. The normalized spacial score (nSPS) is 18.9. The standard InChI is InChI=1S/C23H27FN2O4S/c1-17-3-4-18(15-21(17)31(28,29)26-11-13-30-14-12-26)22(27)25-16-23(9-2-10-23)19-5-7-20(24)8-6-19/h3-8,15H,2,9-14,16H2,1H3,(H,25,27). The van der Waals surface area contributed by atoms with Crippen LogP contribution in [0.4, 0.5) is 4.39 Å². The van der Waals surface area contributed by atoms with Crippen molar-refractivity contribution in [3.63, 3.8) is 0 Å². The van der Waals surface area contributed by atoms with E-state index in [9.17, 15) is 17.6 Å². The van der Waals surface area contributed by atoms with Crippen molar-refractivity contribution in [3.8, 4) is 0 Å². The summed E-state index contributed by atoms with van der Waals surface area (Å²) in [5.74, 6) is -0.595. The van der Waals surface area contributed by atoms with Gasteiger partial charge < -0.3 is 10.1 Å². The van der Waals surface area contributed by atoms with Crippen LogP contribution in [0.2, 0.25) is 0 Å². The molecule has 0 spiro atoms. The third-order valence-electron chi connectivity index (χ3n) is 6.39. The van der Waals surface area contributed by atoms with Crippen LogP contribution >= 0.6 is 0 Å². The number of carbonyl (C=O) groups is 1. The van der Waals surface area contributed by atoms with E-state index >= 15 is 0 Å². The van der Waals surface area contributed by atoms with Gasteiger partial charge in [-0.15, -0.1) is 0 Å². The molecule has 1 aliphatic carbocycles. The zero-order chi connectivity index (χ0) is 22.1. The molecule has 1 heterocycles. The van der Waals surface area contributed by atoms with Crippen molar-refractivity contribution in [2.75, 3.05) is 32.8 Å². The second-order valence-corrected chi connectivity index (χ2v) is 10.2. The Balaban J connectivity index is 1.51. The largest absolute Gasteiger partial charge is 0.379 e. The third kappa shape index (κ3) is 4.37. The van der Waals surface area contributed by atoms with E-state index in [4.69, 9.17) is 4.74 Å². The summed E-state index contributed by atoms with van der Waals surface area (Å²) in [6.07, 6.45) is 2.90. The van der Waals surface area contributed by atoms with Gasteiger partial charge in [-0.05, 0) is 55.2 Å². The van der Waals surface area contributed by atoms with Gasteiger partial charge in [-0.1, -0.05) is 24.6 Å². The molecule has 1 saturated heterocycles. The average molecular weight is 447 g/mol. The molecule has 166 valence electrons. The smallest absolute Gasteiger partial charge is 0.251 e. The molecule has 1 aliphatic heterocycles. The summed E-state index contributed by atoms with van der Waals surface area (Å²) >= 11 is 0. The van der Waals surface area contributed by atoms with E-state index in [-0.39, 0.29) is 22.0 Å². The minimum atomic E-state index is -3.69. The van der Waals surface area contributed by atoms with Crippen molar-refractivity contribution in [1.29, 1.82) is 0 Å². The van der Waals surface area contributed by atoms with Crippen LogP contribution in [0.3, 0.4) is 0 Å². The Morgan fingerprint density at radius 3 is 2.42 bits per heavy atom. The summed E-state index contributed by atoms with van der Waals surface area (Å²) < 4.78 is 46.1. The number of benzene rings is 2. The topological polar surface area (TPSA) is 75.7 Å². The van der Waals surface area contributed by atoms with Crippen molar-refractivity contribution in [3.05, 3.63) is 65.0 Å². The first-order valence-electron chi connectivity index (χ1n) is 10.5. The first kappa shape index (κ1) is 21.9. The molecule has 1 N–H and O–H groups in total. The molecule has 31 heavy (non-hydrogen) atoms. The highest BCUT2D eigenvalue weighted by molar-refractivity contribution is 7.89. The number of sulfonamides is 1. The summed E-state index contributed by atoms with van der Waals surface area (Å²) in [7, 11) is -3.69. The molecule has 6 nitrogen and oxygen atoms in total. The van der Waals surface area contributed by atoms with E-state index < -0.39 is 10.0 Å². The van der Waals surface area contributed by atoms with Gasteiger partial charge in [0.2, 0.25) is 10.0 Å². The maximum absolute atomic E-state index is 13.3. The van der Waals surface area contributed by atoms with Crippen LogP contribution in [-0.4, -0.2) is 51.5 Å². The predicted octanol–water partition coefficient (Wildman–Crippen LogP) is 3.01. The van der Waals surface area contributed by atoms with Gasteiger partial charge in [-0.2, -0.15) is 4.31 Å². The Morgan fingerprint density at radius 2 is 1.81 bits per heavy atom. The van der Waals surface area contributed by atoms with Crippen LogP contribution in [0.5, 0.6) is 0 Å². The first-order chi connectivity index (χ1) is 14.8. The van der Waals surface area contributed by atoms with Gasteiger partial charge >= 0.3 is 0 Å². The highest BCUT2D eigenvalue weighted by Crippen LogP contribution is 2.43. The molecule has 8 heteroatoms. The lowest BCUT2D eigenvalue weighted by atomic mass is 9.64. The van der Waals surface area contributed by atoms with Crippen molar-refractivity contribution < 1.29 is 22.3 Å². The van der Waals surface area contributed by atoms with Gasteiger partial charge in [-0.3, -0.25) is 4.79 Å². The van der Waals surface area contributed by atoms with Gasteiger partial charge in [0.05, 0.1) is 18.1 Å². The zero-order valence-electron chi connectivity index (χ0n) is 17.6. The number of ether oxygens (including phenoxy) is 1. The molecule has 0 atom stereocenters. The number of hydrogen-bond donors (Lipinski definition) is 1. The molecule has 2 aromatic rings. The summed E-state index contributed by atoms with van der Waals surface area (Å²) in [6, 6.07) is 11.2. The highest BCUT2D eigenvalue weighted by Gasteiger charge is 2.39. The predicted molar refractivity (Wildman–Crippen MR) is 115 cm³/mol. The fourth-order valence-electron chi connectivity index (χ4n) is 4.27. The molecule has 2 aliphatic rings. The lowest BCUT2D eigenvalue weighted by Crippen LogP contribution is -2.45. The monoisotopic (exact) mass is 446 g/mol. The number of halogens is 1. The average Bonchev–Trinajstić information content (AvgIpc) is 2.74. The number of aryl methyl sites for hydroxylation is 1. The van der Waals surface area contributed by atoms with Gasteiger partial charge in [-0.25, -0.2) is 12.8 Å². The molecule has 1 saturated carbocycles. The molecule has 2 aromatic carbocycles. The number of rotatable bonds is 6. The second kappa shape index (κ2) is 8.68. The van der Waals surface area contributed by atoms with Crippen LogP contribution in [0.1, 0.15) is 40.7 Å². The van der Waals surface area contributed by atoms with Crippen molar-refractivity contribution in [2.24, 2.45) is 0 Å². The summed E-state index contributed by atoms with van der Waals surface area (Å²) in [4.78, 5) is 13.0. The lowest BCUT2D eigenvalue weighted by Gasteiger charge is -2.42. The van der Waals surface area contributed by atoms with Crippen LogP contribution in [0.25, 0.3) is 0 Å². The van der Waals surface area contributed by atoms with Crippen molar-refractivity contribution in [1.82, 2.24) is 9.62 Å². The second-order valence-electron chi connectivity index (χ2n) is 8.32. The minimum absolute atomic E-state index is 0.152. The number of nitrogens with zero attached hydrogens (tertiary/aromatic N) is 1. The molecule has 4 rings (SSSR count). The van der Waals surface area contributed by atoms with Gasteiger partial charge in [0.1, 0.15) is 5.82 Å². The Hall–Kier alpha value is -2.29. The third-order valence-corrected chi connectivity index (χ3v) is 8.43. The minimum Gasteiger partial charge on any atom is -0.379 e. The fourth-order valence-corrected chi connectivity index (χ4v) is 5.93. The molecular weight excluding hydrogens is 419 g/mol. The molecule has 0 unspecified atom stereocenters. The van der Waals surface area contributed by atoms with Gasteiger partial charge in [0.25, 0.3) is 5.91 Å². The molecule has 0 radical (unpaired) electrons. The quantitative estimate of drug-likeness (QED) is 0.740. The Labute approximate surface area is 182 Å². The Kier molecular flexibility index (Phi) is 6.14. The van der Waals surface area contributed by atoms with E-state index in [1.165, 1.54) is 22.5 Å². The van der Waals surface area contributed by atoms with E-state index in [1.807, 2.05) is 0 Å². The summed E-state index contributed by atoms with van der Waals surface area (Å²) in [5, 5.41) is 2.97. The number of nitrogens with one attached hydrogen (secondary N) is 1. The number of morpholine rings is 1. The van der Waals surface area contributed by atoms with Crippen LogP contribution in [0, 0.1) is 12.7 Å².